The van der Waals surface area contributed by atoms with E-state index in [2.05, 4.69) is 15.9 Å². The Morgan fingerprint density at radius 3 is 2.78 bits per heavy atom. The highest BCUT2D eigenvalue weighted by Crippen LogP contribution is 2.26. The first kappa shape index (κ1) is 13.4. The second-order valence-electron chi connectivity index (χ2n) is 3.54. The second kappa shape index (κ2) is 5.73. The number of nitrogen functional groups attached to an aromatic ring is 1. The third-order valence-electron chi connectivity index (χ3n) is 2.29. The van der Waals surface area contributed by atoms with Crippen LogP contribution in [0.5, 0.6) is 5.75 Å². The molecule has 0 unspecified atom stereocenters. The summed E-state index contributed by atoms with van der Waals surface area (Å²) in [5.74, 6) is 0.609. The average Bonchev–Trinajstić information content (AvgIpc) is 2.72. The molecule has 0 aliphatic rings. The fourth-order valence-corrected chi connectivity index (χ4v) is 3.03. The quantitative estimate of drug-likeness (QED) is 0.649. The fourth-order valence-electron chi connectivity index (χ4n) is 1.38. The lowest BCUT2D eigenvalue weighted by molar-refractivity contribution is 0.309. The van der Waals surface area contributed by atoms with Gasteiger partial charge in [-0.05, 0) is 45.6 Å². The summed E-state index contributed by atoms with van der Waals surface area (Å²) in [6.07, 6.45) is 0. The van der Waals surface area contributed by atoms with Crippen LogP contribution in [0, 0.1) is 5.41 Å². The number of hydrogen-bond acceptors (Lipinski definition) is 3. The Morgan fingerprint density at radius 1 is 1.44 bits per heavy atom. The molecule has 94 valence electrons. The van der Waals surface area contributed by atoms with Crippen LogP contribution >= 0.6 is 38.9 Å². The number of amidine groups is 1. The van der Waals surface area contributed by atoms with Crippen molar-refractivity contribution in [1.82, 2.24) is 0 Å². The van der Waals surface area contributed by atoms with Gasteiger partial charge in [-0.25, -0.2) is 0 Å². The van der Waals surface area contributed by atoms with Crippen molar-refractivity contribution in [3.05, 3.63) is 49.6 Å². The second-order valence-corrected chi connectivity index (χ2v) is 5.80. The minimum absolute atomic E-state index is 0.0486. The van der Waals surface area contributed by atoms with Crippen molar-refractivity contribution < 1.29 is 4.74 Å². The molecular formula is C12H10BrClN2OS. The maximum atomic E-state index is 7.34. The van der Waals surface area contributed by atoms with E-state index in [1.165, 1.54) is 0 Å². The molecule has 0 radical (unpaired) electrons. The van der Waals surface area contributed by atoms with Gasteiger partial charge in [-0.2, -0.15) is 0 Å². The molecule has 0 aliphatic carbocycles. The molecule has 3 nitrogen and oxygen atoms in total. The molecule has 3 N–H and O–H groups in total. The zero-order valence-corrected chi connectivity index (χ0v) is 12.4. The molecule has 0 amide bonds. The predicted molar refractivity (Wildman–Crippen MR) is 78.8 cm³/mol. The van der Waals surface area contributed by atoms with Gasteiger partial charge in [0.05, 0.1) is 9.90 Å². The van der Waals surface area contributed by atoms with E-state index in [9.17, 15) is 0 Å². The predicted octanol–water partition coefficient (Wildman–Crippen LogP) is 4.03. The normalized spacial score (nSPS) is 10.3. The van der Waals surface area contributed by atoms with Gasteiger partial charge in [-0.1, -0.05) is 11.6 Å². The lowest BCUT2D eigenvalue weighted by Crippen LogP contribution is -2.11. The van der Waals surface area contributed by atoms with Gasteiger partial charge in [0.1, 0.15) is 18.2 Å². The van der Waals surface area contributed by atoms with Gasteiger partial charge in [0.2, 0.25) is 0 Å². The van der Waals surface area contributed by atoms with Crippen LogP contribution in [0.4, 0.5) is 0 Å². The van der Waals surface area contributed by atoms with E-state index in [4.69, 9.17) is 27.5 Å². The van der Waals surface area contributed by atoms with Crippen molar-refractivity contribution in [1.29, 1.82) is 5.41 Å². The smallest absolute Gasteiger partial charge is 0.124 e. The Labute approximate surface area is 122 Å². The summed E-state index contributed by atoms with van der Waals surface area (Å²) in [5.41, 5.74) is 5.90. The maximum Gasteiger partial charge on any atom is 0.124 e. The van der Waals surface area contributed by atoms with Crippen molar-refractivity contribution in [3.63, 3.8) is 0 Å². The van der Waals surface area contributed by atoms with E-state index >= 15 is 0 Å². The molecule has 1 aromatic carbocycles. The van der Waals surface area contributed by atoms with E-state index < -0.39 is 0 Å². The molecule has 0 saturated carbocycles. The number of nitrogens with one attached hydrogen (secondary N) is 1. The van der Waals surface area contributed by atoms with Gasteiger partial charge < -0.3 is 10.5 Å². The maximum absolute atomic E-state index is 7.34. The van der Waals surface area contributed by atoms with Crippen molar-refractivity contribution in [3.8, 4) is 5.75 Å². The minimum Gasteiger partial charge on any atom is -0.488 e. The minimum atomic E-state index is -0.0486. The Morgan fingerprint density at radius 2 is 2.22 bits per heavy atom. The number of ether oxygens (including phenoxy) is 1. The number of halogens is 2. The summed E-state index contributed by atoms with van der Waals surface area (Å²) in [4.78, 5) is 1.11. The zero-order valence-electron chi connectivity index (χ0n) is 9.24. The van der Waals surface area contributed by atoms with Gasteiger partial charge in [-0.3, -0.25) is 5.41 Å². The standard InChI is InChI=1S/C12H10BrClN2OS/c13-9-3-4-18-11(9)6-17-7-1-2-8(12(15)16)10(14)5-7/h1-5H,6H2,(H3,15,16). The topological polar surface area (TPSA) is 59.1 Å². The van der Waals surface area contributed by atoms with Gasteiger partial charge in [0, 0.05) is 10.0 Å². The fraction of sp³-hybridized carbons (Fsp3) is 0.0833. The molecule has 0 spiro atoms. The molecule has 0 bridgehead atoms. The van der Waals surface area contributed by atoms with Gasteiger partial charge >= 0.3 is 0 Å². The lowest BCUT2D eigenvalue weighted by atomic mass is 10.2. The number of benzene rings is 1. The number of rotatable bonds is 4. The number of hydrogen-bond donors (Lipinski definition) is 2. The van der Waals surface area contributed by atoms with Crippen LogP contribution in [0.1, 0.15) is 10.4 Å². The van der Waals surface area contributed by atoms with Crippen LogP contribution in [0.15, 0.2) is 34.1 Å². The first-order valence-corrected chi connectivity index (χ1v) is 7.11. The summed E-state index contributed by atoms with van der Waals surface area (Å²) < 4.78 is 6.67. The Balaban J connectivity index is 2.09. The monoisotopic (exact) mass is 344 g/mol. The van der Waals surface area contributed by atoms with Gasteiger partial charge in [-0.15, -0.1) is 11.3 Å². The third kappa shape index (κ3) is 3.04. The molecule has 0 fully saturated rings. The van der Waals surface area contributed by atoms with E-state index in [0.29, 0.717) is 22.9 Å². The van der Waals surface area contributed by atoms with Crippen molar-refractivity contribution >= 4 is 44.7 Å². The molecular weight excluding hydrogens is 336 g/mol. The molecule has 0 atom stereocenters. The van der Waals surface area contributed by atoms with Crippen molar-refractivity contribution in [2.75, 3.05) is 0 Å². The van der Waals surface area contributed by atoms with Gasteiger partial charge in [0.15, 0.2) is 0 Å². The summed E-state index contributed by atoms with van der Waals surface area (Å²) in [5, 5.41) is 9.75. The van der Waals surface area contributed by atoms with E-state index in [-0.39, 0.29) is 5.84 Å². The van der Waals surface area contributed by atoms with Crippen LogP contribution in [0.3, 0.4) is 0 Å². The number of thiophene rings is 1. The molecule has 0 aliphatic heterocycles. The summed E-state index contributed by atoms with van der Waals surface area (Å²) >= 11 is 11.1. The molecule has 0 saturated heterocycles. The van der Waals surface area contributed by atoms with E-state index in [1.54, 1.807) is 29.5 Å². The van der Waals surface area contributed by atoms with Crippen LogP contribution in [0.2, 0.25) is 5.02 Å². The molecule has 2 aromatic rings. The zero-order chi connectivity index (χ0) is 13.1. The summed E-state index contributed by atoms with van der Waals surface area (Å²) in [6, 6.07) is 7.09. The highest BCUT2D eigenvalue weighted by molar-refractivity contribution is 9.10. The first-order valence-electron chi connectivity index (χ1n) is 5.06. The molecule has 1 heterocycles. The summed E-state index contributed by atoms with van der Waals surface area (Å²) in [6.45, 7) is 0.480. The lowest BCUT2D eigenvalue weighted by Gasteiger charge is -2.08. The van der Waals surface area contributed by atoms with Gasteiger partial charge in [0.25, 0.3) is 0 Å². The van der Waals surface area contributed by atoms with Crippen LogP contribution < -0.4 is 10.5 Å². The van der Waals surface area contributed by atoms with E-state index in [1.807, 2.05) is 11.4 Å². The molecule has 2 rings (SSSR count). The molecule has 6 heteroatoms. The van der Waals surface area contributed by atoms with Crippen LogP contribution in [-0.2, 0) is 6.61 Å². The molecule has 1 aromatic heterocycles. The SMILES string of the molecule is N=C(N)c1ccc(OCc2sccc2Br)cc1Cl. The highest BCUT2D eigenvalue weighted by atomic mass is 79.9. The van der Waals surface area contributed by atoms with E-state index in [0.717, 1.165) is 9.35 Å². The van der Waals surface area contributed by atoms with Crippen LogP contribution in [0.25, 0.3) is 0 Å². The third-order valence-corrected chi connectivity index (χ3v) is 4.50. The number of nitrogens with two attached hydrogens (primary N) is 1. The largest absolute Gasteiger partial charge is 0.488 e. The Bertz CT molecular complexity index is 585. The summed E-state index contributed by atoms with van der Waals surface area (Å²) in [7, 11) is 0. The van der Waals surface area contributed by atoms with Crippen LogP contribution in [-0.4, -0.2) is 5.84 Å². The van der Waals surface area contributed by atoms with Crippen molar-refractivity contribution in [2.45, 2.75) is 6.61 Å². The molecule has 18 heavy (non-hydrogen) atoms. The highest BCUT2D eigenvalue weighted by Gasteiger charge is 2.06. The first-order chi connectivity index (χ1) is 8.58. The average molecular weight is 346 g/mol. The van der Waals surface area contributed by atoms with Crippen molar-refractivity contribution in [2.24, 2.45) is 5.73 Å². The Kier molecular flexibility index (Phi) is 4.27. The Hall–Kier alpha value is -1.04.